The number of rotatable bonds is 3. The molecule has 0 radical (unpaired) electrons. The van der Waals surface area contributed by atoms with E-state index >= 15 is 0 Å². The summed E-state index contributed by atoms with van der Waals surface area (Å²) in [4.78, 5) is 28.9. The molecule has 5 heteroatoms. The first-order valence-electron chi connectivity index (χ1n) is 9.45. The molecule has 4 nitrogen and oxygen atoms in total. The average Bonchev–Trinajstić information content (AvgIpc) is 3.38. The lowest BCUT2D eigenvalue weighted by molar-refractivity contribution is -0.140. The van der Waals surface area contributed by atoms with Gasteiger partial charge < -0.3 is 9.80 Å². The normalized spacial score (nSPS) is 24.6. The Morgan fingerprint density at radius 3 is 2.00 bits per heavy atom. The third kappa shape index (κ3) is 3.55. The Kier molecular flexibility index (Phi) is 4.48. The van der Waals surface area contributed by atoms with Gasteiger partial charge in [-0.15, -0.1) is 0 Å². The van der Waals surface area contributed by atoms with Crippen LogP contribution in [0, 0.1) is 17.7 Å². The Morgan fingerprint density at radius 1 is 0.800 bits per heavy atom. The largest absolute Gasteiger partial charge is 0.342 e. The van der Waals surface area contributed by atoms with Crippen LogP contribution < -0.4 is 0 Å². The highest BCUT2D eigenvalue weighted by Crippen LogP contribution is 2.33. The number of halogens is 1. The minimum absolute atomic E-state index is 0.0511. The van der Waals surface area contributed by atoms with Crippen LogP contribution in [-0.2, 0) is 9.59 Å². The molecule has 1 unspecified atom stereocenters. The molecule has 1 aromatic rings. The summed E-state index contributed by atoms with van der Waals surface area (Å²) in [6.07, 6.45) is 4.59. The Bertz CT molecular complexity index is 648. The van der Waals surface area contributed by atoms with Crippen molar-refractivity contribution in [2.45, 2.75) is 38.0 Å². The van der Waals surface area contributed by atoms with Crippen molar-refractivity contribution < 1.29 is 14.0 Å². The molecule has 2 amide bonds. The standard InChI is InChI=1S/C20H25FN2O2/c21-18-5-3-14(4-6-18)17-9-12-23(13-17)20(25)16-7-10-22(11-8-16)19(24)15-1-2-15/h3-6,15-17H,1-2,7-13H2. The van der Waals surface area contributed by atoms with Crippen LogP contribution in [-0.4, -0.2) is 47.8 Å². The van der Waals surface area contributed by atoms with E-state index in [0.717, 1.165) is 63.8 Å². The quantitative estimate of drug-likeness (QED) is 0.846. The molecule has 1 atom stereocenters. The number of carbonyl (C=O) groups excluding carboxylic acids is 2. The van der Waals surface area contributed by atoms with Gasteiger partial charge in [-0.3, -0.25) is 9.59 Å². The van der Waals surface area contributed by atoms with Crippen LogP contribution in [0.15, 0.2) is 24.3 Å². The van der Waals surface area contributed by atoms with Gasteiger partial charge in [0.25, 0.3) is 0 Å². The number of piperidine rings is 1. The summed E-state index contributed by atoms with van der Waals surface area (Å²) in [5.74, 6) is 0.937. The molecule has 0 aromatic heterocycles. The van der Waals surface area contributed by atoms with E-state index in [1.807, 2.05) is 21.9 Å². The van der Waals surface area contributed by atoms with Gasteiger partial charge in [0.05, 0.1) is 0 Å². The molecule has 0 N–H and O–H groups in total. The number of hydrogen-bond donors (Lipinski definition) is 0. The summed E-state index contributed by atoms with van der Waals surface area (Å²) in [5.41, 5.74) is 1.11. The fraction of sp³-hybridized carbons (Fsp3) is 0.600. The van der Waals surface area contributed by atoms with Gasteiger partial charge in [0.2, 0.25) is 11.8 Å². The summed E-state index contributed by atoms with van der Waals surface area (Å²) < 4.78 is 13.1. The van der Waals surface area contributed by atoms with Gasteiger partial charge in [0.1, 0.15) is 5.82 Å². The Balaban J connectivity index is 1.30. The Hall–Kier alpha value is -1.91. The van der Waals surface area contributed by atoms with E-state index in [1.54, 1.807) is 0 Å². The number of likely N-dealkylation sites (tertiary alicyclic amines) is 2. The number of carbonyl (C=O) groups is 2. The van der Waals surface area contributed by atoms with Crippen LogP contribution in [0.5, 0.6) is 0 Å². The Morgan fingerprint density at radius 2 is 1.36 bits per heavy atom. The summed E-state index contributed by atoms with van der Waals surface area (Å²) >= 11 is 0. The van der Waals surface area contributed by atoms with Crippen LogP contribution in [0.2, 0.25) is 0 Å². The van der Waals surface area contributed by atoms with Crippen LogP contribution in [0.25, 0.3) is 0 Å². The highest BCUT2D eigenvalue weighted by Gasteiger charge is 2.37. The van der Waals surface area contributed by atoms with Gasteiger partial charge in [0.15, 0.2) is 0 Å². The van der Waals surface area contributed by atoms with Crippen molar-refractivity contribution in [1.29, 1.82) is 0 Å². The molecule has 4 rings (SSSR count). The molecular formula is C20H25FN2O2. The number of hydrogen-bond acceptors (Lipinski definition) is 2. The van der Waals surface area contributed by atoms with Crippen molar-refractivity contribution in [1.82, 2.24) is 9.80 Å². The smallest absolute Gasteiger partial charge is 0.225 e. The maximum absolute atomic E-state index is 13.1. The van der Waals surface area contributed by atoms with E-state index in [9.17, 15) is 14.0 Å². The molecule has 1 aliphatic carbocycles. The first kappa shape index (κ1) is 16.6. The van der Waals surface area contributed by atoms with E-state index in [0.29, 0.717) is 11.8 Å². The summed E-state index contributed by atoms with van der Waals surface area (Å²) in [6.45, 7) is 2.95. The molecule has 134 valence electrons. The van der Waals surface area contributed by atoms with E-state index in [4.69, 9.17) is 0 Å². The monoisotopic (exact) mass is 344 g/mol. The number of amides is 2. The number of nitrogens with zero attached hydrogens (tertiary/aromatic N) is 2. The first-order chi connectivity index (χ1) is 12.1. The first-order valence-corrected chi connectivity index (χ1v) is 9.45. The maximum atomic E-state index is 13.1. The van der Waals surface area contributed by atoms with Gasteiger partial charge >= 0.3 is 0 Å². The van der Waals surface area contributed by atoms with Crippen molar-refractivity contribution >= 4 is 11.8 Å². The molecule has 3 aliphatic rings. The van der Waals surface area contributed by atoms with Crippen molar-refractivity contribution in [3.63, 3.8) is 0 Å². The molecular weight excluding hydrogens is 319 g/mol. The summed E-state index contributed by atoms with van der Waals surface area (Å²) in [6, 6.07) is 6.64. The van der Waals surface area contributed by atoms with E-state index < -0.39 is 0 Å². The van der Waals surface area contributed by atoms with Gasteiger partial charge in [0, 0.05) is 43.9 Å². The lowest BCUT2D eigenvalue weighted by Gasteiger charge is -2.33. The summed E-state index contributed by atoms with van der Waals surface area (Å²) in [5, 5.41) is 0. The maximum Gasteiger partial charge on any atom is 0.225 e. The molecule has 0 spiro atoms. The van der Waals surface area contributed by atoms with Crippen molar-refractivity contribution in [3.8, 4) is 0 Å². The van der Waals surface area contributed by atoms with Gasteiger partial charge in [-0.1, -0.05) is 12.1 Å². The second kappa shape index (κ2) is 6.77. The van der Waals surface area contributed by atoms with E-state index in [2.05, 4.69) is 0 Å². The van der Waals surface area contributed by atoms with Crippen molar-refractivity contribution in [2.24, 2.45) is 11.8 Å². The van der Waals surface area contributed by atoms with Crippen LogP contribution in [0.3, 0.4) is 0 Å². The molecule has 25 heavy (non-hydrogen) atoms. The molecule has 3 fully saturated rings. The lowest BCUT2D eigenvalue weighted by atomic mass is 9.95. The molecule has 1 saturated carbocycles. The highest BCUT2D eigenvalue weighted by molar-refractivity contribution is 5.82. The van der Waals surface area contributed by atoms with Gasteiger partial charge in [-0.2, -0.15) is 0 Å². The molecule has 2 heterocycles. The molecule has 2 saturated heterocycles. The third-order valence-electron chi connectivity index (χ3n) is 5.92. The zero-order valence-electron chi connectivity index (χ0n) is 14.5. The topological polar surface area (TPSA) is 40.6 Å². The molecule has 1 aromatic carbocycles. The minimum Gasteiger partial charge on any atom is -0.342 e. The van der Waals surface area contributed by atoms with Crippen molar-refractivity contribution in [2.75, 3.05) is 26.2 Å². The lowest BCUT2D eigenvalue weighted by Crippen LogP contribution is -2.44. The second-order valence-electron chi connectivity index (χ2n) is 7.70. The number of benzene rings is 1. The zero-order chi connectivity index (χ0) is 17.4. The van der Waals surface area contributed by atoms with Crippen LogP contribution in [0.1, 0.15) is 43.6 Å². The van der Waals surface area contributed by atoms with E-state index in [1.165, 1.54) is 12.1 Å². The highest BCUT2D eigenvalue weighted by atomic mass is 19.1. The van der Waals surface area contributed by atoms with Crippen LogP contribution >= 0.6 is 0 Å². The SMILES string of the molecule is O=C(C1CC1)N1CCC(C(=O)N2CCC(c3ccc(F)cc3)C2)CC1. The second-order valence-corrected chi connectivity index (χ2v) is 7.70. The van der Waals surface area contributed by atoms with Gasteiger partial charge in [-0.25, -0.2) is 4.39 Å². The fourth-order valence-electron chi connectivity index (χ4n) is 4.16. The molecule has 2 aliphatic heterocycles. The van der Waals surface area contributed by atoms with Crippen LogP contribution in [0.4, 0.5) is 4.39 Å². The predicted molar refractivity (Wildman–Crippen MR) is 92.4 cm³/mol. The van der Waals surface area contributed by atoms with Crippen molar-refractivity contribution in [3.05, 3.63) is 35.6 Å². The summed E-state index contributed by atoms with van der Waals surface area (Å²) in [7, 11) is 0. The zero-order valence-corrected chi connectivity index (χ0v) is 14.5. The molecule has 0 bridgehead atoms. The average molecular weight is 344 g/mol. The fourth-order valence-corrected chi connectivity index (χ4v) is 4.16. The minimum atomic E-state index is -0.220. The van der Waals surface area contributed by atoms with E-state index in [-0.39, 0.29) is 23.6 Å². The Labute approximate surface area is 148 Å². The van der Waals surface area contributed by atoms with Gasteiger partial charge in [-0.05, 0) is 49.8 Å². The predicted octanol–water partition coefficient (Wildman–Crippen LogP) is 2.79. The third-order valence-corrected chi connectivity index (χ3v) is 5.92.